The topological polar surface area (TPSA) is 40.6 Å². The number of hydrogen-bond acceptors (Lipinski definition) is 3. The summed E-state index contributed by atoms with van der Waals surface area (Å²) in [4.78, 5) is 29.1. The number of rotatable bonds is 1. The number of carbonyl (C=O) groups excluding carboxylic acids is 2. The van der Waals surface area contributed by atoms with Gasteiger partial charge in [-0.05, 0) is 36.8 Å². The summed E-state index contributed by atoms with van der Waals surface area (Å²) in [7, 11) is 0. The average molecular weight is 339 g/mol. The van der Waals surface area contributed by atoms with Crippen LogP contribution in [0.5, 0.6) is 0 Å². The van der Waals surface area contributed by atoms with Gasteiger partial charge in [-0.15, -0.1) is 11.8 Å². The summed E-state index contributed by atoms with van der Waals surface area (Å²) in [5.74, 6) is 1.07. The van der Waals surface area contributed by atoms with Crippen LogP contribution in [0.2, 0.25) is 5.02 Å². The van der Waals surface area contributed by atoms with E-state index in [9.17, 15) is 9.59 Å². The molecule has 0 unspecified atom stereocenters. The van der Waals surface area contributed by atoms with E-state index >= 15 is 0 Å². The molecule has 2 aliphatic rings. The molecule has 2 amide bonds. The fourth-order valence-electron chi connectivity index (χ4n) is 3.05. The molecule has 0 radical (unpaired) electrons. The lowest BCUT2D eigenvalue weighted by atomic mass is 10.1. The fourth-order valence-corrected chi connectivity index (χ4v) is 4.19. The smallest absolute Gasteiger partial charge is 0.231 e. The summed E-state index contributed by atoms with van der Waals surface area (Å²) >= 11 is 7.89. The monoisotopic (exact) mass is 338 g/mol. The molecule has 1 saturated heterocycles. The van der Waals surface area contributed by atoms with Crippen molar-refractivity contribution in [3.63, 3.8) is 0 Å². The van der Waals surface area contributed by atoms with Gasteiger partial charge >= 0.3 is 0 Å². The van der Waals surface area contributed by atoms with Gasteiger partial charge in [-0.1, -0.05) is 11.6 Å². The number of amides is 2. The highest BCUT2D eigenvalue weighted by molar-refractivity contribution is 7.99. The van der Waals surface area contributed by atoms with Crippen LogP contribution in [0.25, 0.3) is 0 Å². The number of hydrogen-bond donors (Lipinski definition) is 0. The molecule has 0 aliphatic carbocycles. The molecular weight excluding hydrogens is 320 g/mol. The van der Waals surface area contributed by atoms with Crippen molar-refractivity contribution in [3.05, 3.63) is 23.2 Å². The van der Waals surface area contributed by atoms with Gasteiger partial charge in [-0.2, -0.15) is 0 Å². The van der Waals surface area contributed by atoms with E-state index in [1.54, 1.807) is 23.6 Å². The second-order valence-corrected chi connectivity index (χ2v) is 7.33. The van der Waals surface area contributed by atoms with Gasteiger partial charge in [0.1, 0.15) is 0 Å². The third kappa shape index (κ3) is 3.10. The first-order chi connectivity index (χ1) is 10.6. The fraction of sp³-hybridized carbons (Fsp3) is 0.500. The summed E-state index contributed by atoms with van der Waals surface area (Å²) in [5, 5.41) is 0.649. The van der Waals surface area contributed by atoms with Gasteiger partial charge in [0.15, 0.2) is 0 Å². The first-order valence-corrected chi connectivity index (χ1v) is 8.92. The van der Waals surface area contributed by atoms with Crippen molar-refractivity contribution in [1.29, 1.82) is 0 Å². The molecule has 22 heavy (non-hydrogen) atoms. The normalized spacial score (nSPS) is 21.5. The van der Waals surface area contributed by atoms with E-state index in [2.05, 4.69) is 0 Å². The maximum absolute atomic E-state index is 12.9. The summed E-state index contributed by atoms with van der Waals surface area (Å²) in [6.45, 7) is 3.49. The highest BCUT2D eigenvalue weighted by Gasteiger charge is 2.34. The zero-order chi connectivity index (χ0) is 15.7. The molecule has 0 saturated carbocycles. The van der Waals surface area contributed by atoms with Crippen molar-refractivity contribution in [1.82, 2.24) is 4.90 Å². The van der Waals surface area contributed by atoms with E-state index in [-0.39, 0.29) is 17.7 Å². The van der Waals surface area contributed by atoms with Crippen LogP contribution in [0.4, 0.5) is 5.69 Å². The second kappa shape index (κ2) is 6.50. The van der Waals surface area contributed by atoms with Gasteiger partial charge in [0, 0.05) is 36.5 Å². The molecule has 1 fully saturated rings. The number of likely N-dealkylation sites (tertiary alicyclic amines) is 1. The van der Waals surface area contributed by atoms with Gasteiger partial charge in [0.25, 0.3) is 0 Å². The molecule has 4 nitrogen and oxygen atoms in total. The maximum atomic E-state index is 12.9. The van der Waals surface area contributed by atoms with E-state index in [1.807, 2.05) is 23.1 Å². The van der Waals surface area contributed by atoms with E-state index in [0.29, 0.717) is 18.1 Å². The van der Waals surface area contributed by atoms with Crippen LogP contribution in [-0.2, 0) is 9.59 Å². The molecule has 0 bridgehead atoms. The zero-order valence-corrected chi connectivity index (χ0v) is 14.1. The number of carbonyl (C=O) groups is 2. The lowest BCUT2D eigenvalue weighted by Crippen LogP contribution is -2.38. The van der Waals surface area contributed by atoms with Crippen molar-refractivity contribution in [2.75, 3.05) is 30.3 Å². The van der Waals surface area contributed by atoms with E-state index in [1.165, 1.54) is 0 Å². The Kier molecular flexibility index (Phi) is 4.64. The number of benzene rings is 1. The average Bonchev–Trinajstić information content (AvgIpc) is 2.89. The summed E-state index contributed by atoms with van der Waals surface area (Å²) < 4.78 is 0. The number of anilines is 1. The molecule has 1 atom stereocenters. The van der Waals surface area contributed by atoms with Crippen LogP contribution in [0.3, 0.4) is 0 Å². The van der Waals surface area contributed by atoms with Crippen LogP contribution in [-0.4, -0.2) is 42.1 Å². The Hall–Kier alpha value is -1.20. The minimum absolute atomic E-state index is 0.0465. The van der Waals surface area contributed by atoms with Gasteiger partial charge in [0.05, 0.1) is 11.6 Å². The van der Waals surface area contributed by atoms with Crippen molar-refractivity contribution in [3.8, 4) is 0 Å². The zero-order valence-electron chi connectivity index (χ0n) is 12.5. The third-order valence-electron chi connectivity index (χ3n) is 4.24. The van der Waals surface area contributed by atoms with Gasteiger partial charge in [-0.3, -0.25) is 9.59 Å². The lowest BCUT2D eigenvalue weighted by molar-refractivity contribution is -0.128. The quantitative estimate of drug-likeness (QED) is 0.790. The summed E-state index contributed by atoms with van der Waals surface area (Å²) in [6, 6.07) is 5.74. The Balaban J connectivity index is 1.84. The van der Waals surface area contributed by atoms with Crippen molar-refractivity contribution < 1.29 is 9.59 Å². The van der Waals surface area contributed by atoms with Crippen LogP contribution in [0.1, 0.15) is 19.8 Å². The molecule has 3 rings (SSSR count). The predicted molar refractivity (Wildman–Crippen MR) is 89.5 cm³/mol. The van der Waals surface area contributed by atoms with Gasteiger partial charge in [-0.25, -0.2) is 0 Å². The summed E-state index contributed by atoms with van der Waals surface area (Å²) in [6.07, 6.45) is 1.71. The molecular formula is C16H19ClN2O2S. The van der Waals surface area contributed by atoms with Gasteiger partial charge in [0.2, 0.25) is 11.8 Å². The molecule has 2 aliphatic heterocycles. The third-order valence-corrected chi connectivity index (χ3v) is 5.63. The van der Waals surface area contributed by atoms with Crippen LogP contribution in [0, 0.1) is 5.92 Å². The maximum Gasteiger partial charge on any atom is 0.231 e. The standard InChI is InChI=1S/C16H19ClN2O2S/c1-11(20)18-7-5-12(10-18)16(21)19-6-2-8-22-15-4-3-13(17)9-14(15)19/h3-4,9,12H,2,5-8,10H2,1H3/t12-/m0/s1. The molecule has 0 N–H and O–H groups in total. The highest BCUT2D eigenvalue weighted by atomic mass is 35.5. The minimum atomic E-state index is -0.0983. The molecule has 0 aromatic heterocycles. The first kappa shape index (κ1) is 15.7. The SMILES string of the molecule is CC(=O)N1CC[C@H](C(=O)N2CCCSc3ccc(Cl)cc32)C1. The Labute approximate surface area is 139 Å². The van der Waals surface area contributed by atoms with E-state index in [0.717, 1.165) is 35.7 Å². The van der Waals surface area contributed by atoms with Crippen LogP contribution < -0.4 is 4.90 Å². The molecule has 1 aromatic rings. The van der Waals surface area contributed by atoms with Crippen molar-refractivity contribution in [2.45, 2.75) is 24.7 Å². The Morgan fingerprint density at radius 2 is 2.14 bits per heavy atom. The number of fused-ring (bicyclic) bond motifs is 1. The number of halogens is 1. The minimum Gasteiger partial charge on any atom is -0.342 e. The Morgan fingerprint density at radius 3 is 2.86 bits per heavy atom. The van der Waals surface area contributed by atoms with Crippen molar-refractivity contribution >= 4 is 40.9 Å². The predicted octanol–water partition coefficient (Wildman–Crippen LogP) is 3.04. The van der Waals surface area contributed by atoms with Crippen molar-refractivity contribution in [2.24, 2.45) is 5.92 Å². The van der Waals surface area contributed by atoms with Crippen LogP contribution >= 0.6 is 23.4 Å². The summed E-state index contributed by atoms with van der Waals surface area (Å²) in [5.41, 5.74) is 0.918. The molecule has 0 spiro atoms. The Morgan fingerprint density at radius 1 is 1.32 bits per heavy atom. The van der Waals surface area contributed by atoms with Gasteiger partial charge < -0.3 is 9.80 Å². The number of nitrogens with zero attached hydrogens (tertiary/aromatic N) is 2. The molecule has 1 aromatic carbocycles. The number of thioether (sulfide) groups is 1. The first-order valence-electron chi connectivity index (χ1n) is 7.55. The highest BCUT2D eigenvalue weighted by Crippen LogP contribution is 2.37. The molecule has 2 heterocycles. The van der Waals surface area contributed by atoms with E-state index < -0.39 is 0 Å². The lowest BCUT2D eigenvalue weighted by Gasteiger charge is -2.25. The second-order valence-electron chi connectivity index (χ2n) is 5.75. The largest absolute Gasteiger partial charge is 0.342 e. The molecule has 118 valence electrons. The van der Waals surface area contributed by atoms with Crippen LogP contribution in [0.15, 0.2) is 23.1 Å². The van der Waals surface area contributed by atoms with E-state index in [4.69, 9.17) is 11.6 Å². The Bertz CT molecular complexity index is 608. The molecule has 6 heteroatoms.